The van der Waals surface area contributed by atoms with E-state index >= 15 is 0 Å². The zero-order valence-electron chi connectivity index (χ0n) is 13.3. The van der Waals surface area contributed by atoms with Gasteiger partial charge in [-0.3, -0.25) is 9.10 Å². The lowest BCUT2D eigenvalue weighted by Gasteiger charge is -2.23. The highest BCUT2D eigenvalue weighted by molar-refractivity contribution is 7.94. The number of anilines is 1. The van der Waals surface area contributed by atoms with Crippen molar-refractivity contribution >= 4 is 27.0 Å². The number of para-hydroxylation sites is 1. The molecule has 0 bridgehead atoms. The van der Waals surface area contributed by atoms with Crippen LogP contribution in [0.5, 0.6) is 0 Å². The van der Waals surface area contributed by atoms with Gasteiger partial charge in [-0.15, -0.1) is 11.3 Å². The van der Waals surface area contributed by atoms with Gasteiger partial charge in [0.2, 0.25) is 0 Å². The van der Waals surface area contributed by atoms with Gasteiger partial charge in [0.1, 0.15) is 4.21 Å². The van der Waals surface area contributed by atoms with Gasteiger partial charge in [0.15, 0.2) is 0 Å². The second kappa shape index (κ2) is 5.82. The Morgan fingerprint density at radius 3 is 2.80 bits per heavy atom. The molecule has 8 heteroatoms. The minimum absolute atomic E-state index is 0.126. The summed E-state index contributed by atoms with van der Waals surface area (Å²) in [5.41, 5.74) is 2.69. The number of aromatic nitrogens is 2. The van der Waals surface area contributed by atoms with Crippen molar-refractivity contribution in [1.82, 2.24) is 10.2 Å². The standard InChI is InChI=1S/C17H15N3O3S2/c1-11-8-12-4-2-3-5-15(12)20(11)25(22,23)17-9-13(10-24-17)14-6-7-16(21)19-18-14/h2-7,9-11H,8H2,1H3,(H,19,21). The number of fused-ring (bicyclic) bond motifs is 1. The fourth-order valence-corrected chi connectivity index (χ4v) is 6.05. The number of sulfonamides is 1. The lowest BCUT2D eigenvalue weighted by atomic mass is 10.1. The SMILES string of the molecule is CC1Cc2ccccc2N1S(=O)(=O)c1cc(-c2ccc(=O)[nH]n2)cs1. The molecule has 128 valence electrons. The van der Waals surface area contributed by atoms with Crippen molar-refractivity contribution in [2.24, 2.45) is 0 Å². The molecular weight excluding hydrogens is 358 g/mol. The molecule has 0 aliphatic carbocycles. The Morgan fingerprint density at radius 2 is 2.04 bits per heavy atom. The second-order valence-electron chi connectivity index (χ2n) is 5.94. The van der Waals surface area contributed by atoms with Crippen LogP contribution in [0.25, 0.3) is 11.3 Å². The van der Waals surface area contributed by atoms with E-state index in [0.29, 0.717) is 17.7 Å². The fraction of sp³-hybridized carbons (Fsp3) is 0.176. The zero-order valence-corrected chi connectivity index (χ0v) is 15.0. The molecular formula is C17H15N3O3S2. The van der Waals surface area contributed by atoms with E-state index in [2.05, 4.69) is 10.2 Å². The number of hydrogen-bond acceptors (Lipinski definition) is 5. The number of hydrogen-bond donors (Lipinski definition) is 1. The Hall–Kier alpha value is -2.45. The number of nitrogens with one attached hydrogen (secondary N) is 1. The normalized spacial score (nSPS) is 16.8. The van der Waals surface area contributed by atoms with Crippen molar-refractivity contribution < 1.29 is 8.42 Å². The predicted octanol–water partition coefficient (Wildman–Crippen LogP) is 2.64. The Labute approximate surface area is 148 Å². The highest BCUT2D eigenvalue weighted by Gasteiger charge is 2.36. The van der Waals surface area contributed by atoms with Crippen molar-refractivity contribution in [1.29, 1.82) is 0 Å². The van der Waals surface area contributed by atoms with Crippen LogP contribution in [-0.4, -0.2) is 24.7 Å². The van der Waals surface area contributed by atoms with Crippen molar-refractivity contribution in [2.45, 2.75) is 23.6 Å². The van der Waals surface area contributed by atoms with Gasteiger partial charge in [-0.25, -0.2) is 13.5 Å². The Morgan fingerprint density at radius 1 is 1.24 bits per heavy atom. The van der Waals surface area contributed by atoms with Gasteiger partial charge in [0.25, 0.3) is 15.6 Å². The van der Waals surface area contributed by atoms with Gasteiger partial charge in [-0.05, 0) is 37.1 Å². The van der Waals surface area contributed by atoms with E-state index in [0.717, 1.165) is 22.6 Å². The molecule has 3 aromatic rings. The number of rotatable bonds is 3. The van der Waals surface area contributed by atoms with Crippen LogP contribution in [0.2, 0.25) is 0 Å². The highest BCUT2D eigenvalue weighted by atomic mass is 32.2. The summed E-state index contributed by atoms with van der Waals surface area (Å²) in [5, 5.41) is 8.05. The van der Waals surface area contributed by atoms with Crippen LogP contribution in [-0.2, 0) is 16.4 Å². The van der Waals surface area contributed by atoms with Gasteiger partial charge < -0.3 is 0 Å². The number of benzene rings is 1. The molecule has 25 heavy (non-hydrogen) atoms. The lowest BCUT2D eigenvalue weighted by molar-refractivity contribution is 0.586. The molecule has 0 saturated heterocycles. The topological polar surface area (TPSA) is 83.1 Å². The number of nitrogens with zero attached hydrogens (tertiary/aromatic N) is 2. The van der Waals surface area contributed by atoms with E-state index in [1.165, 1.54) is 10.4 Å². The van der Waals surface area contributed by atoms with E-state index < -0.39 is 10.0 Å². The Kier molecular flexibility index (Phi) is 3.73. The molecule has 4 rings (SSSR count). The number of aromatic amines is 1. The maximum absolute atomic E-state index is 13.2. The maximum atomic E-state index is 13.2. The van der Waals surface area contributed by atoms with Crippen molar-refractivity contribution in [3.8, 4) is 11.3 Å². The lowest BCUT2D eigenvalue weighted by Crippen LogP contribution is -2.35. The van der Waals surface area contributed by atoms with Crippen LogP contribution in [0.4, 0.5) is 5.69 Å². The molecule has 1 aromatic carbocycles. The Balaban J connectivity index is 1.75. The van der Waals surface area contributed by atoms with Crippen LogP contribution in [0, 0.1) is 0 Å². The largest absolute Gasteiger partial charge is 0.274 e. The van der Waals surface area contributed by atoms with Crippen molar-refractivity contribution in [2.75, 3.05) is 4.31 Å². The maximum Gasteiger partial charge on any atom is 0.274 e. The van der Waals surface area contributed by atoms with Crippen LogP contribution in [0.15, 0.2) is 56.8 Å². The van der Waals surface area contributed by atoms with Gasteiger partial charge in [0.05, 0.1) is 11.4 Å². The number of H-pyrrole nitrogens is 1. The van der Waals surface area contributed by atoms with E-state index in [1.807, 2.05) is 31.2 Å². The van der Waals surface area contributed by atoms with Crippen LogP contribution >= 0.6 is 11.3 Å². The van der Waals surface area contributed by atoms with E-state index in [9.17, 15) is 13.2 Å². The van der Waals surface area contributed by atoms with E-state index in [4.69, 9.17) is 0 Å². The average Bonchev–Trinajstić information content (AvgIpc) is 3.19. The molecule has 1 unspecified atom stereocenters. The van der Waals surface area contributed by atoms with Gasteiger partial charge in [-0.1, -0.05) is 18.2 Å². The number of thiophene rings is 1. The molecule has 1 aliphatic rings. The molecule has 1 aliphatic heterocycles. The molecule has 0 fully saturated rings. The first kappa shape index (κ1) is 16.0. The summed E-state index contributed by atoms with van der Waals surface area (Å²) in [6.07, 6.45) is 0.703. The molecule has 2 aromatic heterocycles. The summed E-state index contributed by atoms with van der Waals surface area (Å²) in [6.45, 7) is 1.91. The third kappa shape index (κ3) is 2.67. The first-order valence-electron chi connectivity index (χ1n) is 7.74. The molecule has 0 radical (unpaired) electrons. The first-order valence-corrected chi connectivity index (χ1v) is 10.1. The summed E-state index contributed by atoms with van der Waals surface area (Å²) in [6, 6.07) is 12.0. The molecule has 3 heterocycles. The predicted molar refractivity (Wildman–Crippen MR) is 97.4 cm³/mol. The Bertz CT molecular complexity index is 1080. The first-order chi connectivity index (χ1) is 12.0. The zero-order chi connectivity index (χ0) is 17.6. The minimum Gasteiger partial charge on any atom is -0.268 e. The molecule has 0 amide bonds. The summed E-state index contributed by atoms with van der Waals surface area (Å²) in [5.74, 6) is 0. The van der Waals surface area contributed by atoms with Gasteiger partial charge in [-0.2, -0.15) is 5.10 Å². The third-order valence-electron chi connectivity index (χ3n) is 4.21. The molecule has 1 N–H and O–H groups in total. The molecule has 1 atom stereocenters. The van der Waals surface area contributed by atoms with Crippen molar-refractivity contribution in [3.05, 3.63) is 63.8 Å². The molecule has 6 nitrogen and oxygen atoms in total. The fourth-order valence-electron chi connectivity index (χ4n) is 3.09. The van der Waals surface area contributed by atoms with Crippen LogP contribution in [0.1, 0.15) is 12.5 Å². The van der Waals surface area contributed by atoms with E-state index in [1.54, 1.807) is 17.5 Å². The van der Waals surface area contributed by atoms with Crippen LogP contribution < -0.4 is 9.86 Å². The summed E-state index contributed by atoms with van der Waals surface area (Å²) in [7, 11) is -3.64. The average molecular weight is 373 g/mol. The van der Waals surface area contributed by atoms with Crippen molar-refractivity contribution in [3.63, 3.8) is 0 Å². The quantitative estimate of drug-likeness (QED) is 0.765. The third-order valence-corrected chi connectivity index (χ3v) is 7.55. The monoisotopic (exact) mass is 373 g/mol. The van der Waals surface area contributed by atoms with Gasteiger partial charge in [0, 0.05) is 23.1 Å². The smallest absolute Gasteiger partial charge is 0.268 e. The minimum atomic E-state index is -3.64. The van der Waals surface area contributed by atoms with Crippen LogP contribution in [0.3, 0.4) is 0 Å². The van der Waals surface area contributed by atoms with E-state index in [-0.39, 0.29) is 15.8 Å². The summed E-state index contributed by atoms with van der Waals surface area (Å²) >= 11 is 1.16. The highest BCUT2D eigenvalue weighted by Crippen LogP contribution is 2.38. The summed E-state index contributed by atoms with van der Waals surface area (Å²) in [4.78, 5) is 11.1. The van der Waals surface area contributed by atoms with Gasteiger partial charge >= 0.3 is 0 Å². The second-order valence-corrected chi connectivity index (χ2v) is 8.90. The molecule has 0 saturated carbocycles. The summed E-state index contributed by atoms with van der Waals surface area (Å²) < 4.78 is 28.1. The molecule has 0 spiro atoms.